The van der Waals surface area contributed by atoms with Gasteiger partial charge < -0.3 is 20.7 Å². The van der Waals surface area contributed by atoms with Crippen molar-refractivity contribution in [2.75, 3.05) is 25.9 Å². The van der Waals surface area contributed by atoms with Crippen molar-refractivity contribution < 1.29 is 14.3 Å². The minimum Gasteiger partial charge on any atom is -0.495 e. The van der Waals surface area contributed by atoms with Crippen molar-refractivity contribution in [3.05, 3.63) is 23.8 Å². The van der Waals surface area contributed by atoms with Gasteiger partial charge in [-0.25, -0.2) is 0 Å². The van der Waals surface area contributed by atoms with Crippen LogP contribution in [0.3, 0.4) is 0 Å². The van der Waals surface area contributed by atoms with Crippen molar-refractivity contribution in [2.45, 2.75) is 31.7 Å². The molecule has 3 rings (SSSR count). The average molecular weight is 317 g/mol. The largest absolute Gasteiger partial charge is 0.495 e. The van der Waals surface area contributed by atoms with Gasteiger partial charge in [-0.3, -0.25) is 9.59 Å². The number of ether oxygens (including phenoxy) is 1. The second kappa shape index (κ2) is 6.48. The number of carbonyl (C=O) groups excluding carboxylic acids is 2. The number of hydrogen-bond donors (Lipinski definition) is 2. The number of rotatable bonds is 4. The van der Waals surface area contributed by atoms with Crippen molar-refractivity contribution in [2.24, 2.45) is 5.92 Å². The van der Waals surface area contributed by atoms with Crippen molar-refractivity contribution in [1.82, 2.24) is 10.2 Å². The molecule has 23 heavy (non-hydrogen) atoms. The van der Waals surface area contributed by atoms with Crippen LogP contribution in [0.25, 0.3) is 0 Å². The fourth-order valence-corrected chi connectivity index (χ4v) is 2.95. The number of nitrogens with one attached hydrogen (secondary N) is 1. The zero-order valence-electron chi connectivity index (χ0n) is 13.4. The minimum atomic E-state index is -0.129. The van der Waals surface area contributed by atoms with Crippen LogP contribution in [0.2, 0.25) is 0 Å². The lowest BCUT2D eigenvalue weighted by Crippen LogP contribution is -2.47. The average Bonchev–Trinajstić information content (AvgIpc) is 3.40. The molecule has 0 bridgehead atoms. The highest BCUT2D eigenvalue weighted by Gasteiger charge is 2.35. The zero-order chi connectivity index (χ0) is 16.4. The molecule has 1 aromatic rings. The first-order valence-corrected chi connectivity index (χ1v) is 8.11. The number of nitrogens with zero attached hydrogens (tertiary/aromatic N) is 1. The summed E-state index contributed by atoms with van der Waals surface area (Å²) in [5.74, 6) is 0.930. The number of anilines is 1. The molecule has 2 aliphatic rings. The van der Waals surface area contributed by atoms with Gasteiger partial charge in [-0.15, -0.1) is 0 Å². The number of methoxy groups -OCH3 is 1. The van der Waals surface area contributed by atoms with Crippen LogP contribution in [-0.4, -0.2) is 43.0 Å². The highest BCUT2D eigenvalue weighted by Crippen LogP contribution is 2.32. The first kappa shape index (κ1) is 15.6. The van der Waals surface area contributed by atoms with E-state index in [9.17, 15) is 9.59 Å². The van der Waals surface area contributed by atoms with Gasteiger partial charge in [-0.2, -0.15) is 0 Å². The van der Waals surface area contributed by atoms with E-state index in [1.54, 1.807) is 18.2 Å². The molecule has 0 aromatic heterocycles. The predicted molar refractivity (Wildman–Crippen MR) is 87.2 cm³/mol. The molecule has 0 spiro atoms. The second-order valence-electron chi connectivity index (χ2n) is 6.30. The summed E-state index contributed by atoms with van der Waals surface area (Å²) in [6.07, 6.45) is 3.68. The molecule has 1 heterocycles. The Hall–Kier alpha value is -2.24. The van der Waals surface area contributed by atoms with E-state index < -0.39 is 0 Å². The Bertz CT molecular complexity index is 605. The lowest BCUT2D eigenvalue weighted by atomic mass is 10.0. The maximum Gasteiger partial charge on any atom is 0.251 e. The summed E-state index contributed by atoms with van der Waals surface area (Å²) in [6, 6.07) is 5.12. The van der Waals surface area contributed by atoms with Crippen LogP contribution in [0.4, 0.5) is 5.69 Å². The summed E-state index contributed by atoms with van der Waals surface area (Å²) in [5.41, 5.74) is 6.81. The first-order chi connectivity index (χ1) is 11.1. The number of carbonyl (C=O) groups is 2. The Morgan fingerprint density at radius 3 is 2.52 bits per heavy atom. The Balaban J connectivity index is 1.53. The quantitative estimate of drug-likeness (QED) is 0.822. The molecule has 1 aliphatic heterocycles. The van der Waals surface area contributed by atoms with E-state index in [-0.39, 0.29) is 23.8 Å². The van der Waals surface area contributed by atoms with E-state index in [2.05, 4.69) is 5.32 Å². The summed E-state index contributed by atoms with van der Waals surface area (Å²) < 4.78 is 5.15. The van der Waals surface area contributed by atoms with Crippen LogP contribution in [0.15, 0.2) is 18.2 Å². The van der Waals surface area contributed by atoms with Crippen LogP contribution in [0.1, 0.15) is 36.0 Å². The van der Waals surface area contributed by atoms with E-state index in [0.29, 0.717) is 17.0 Å². The Morgan fingerprint density at radius 1 is 1.22 bits per heavy atom. The van der Waals surface area contributed by atoms with Crippen molar-refractivity contribution in [3.8, 4) is 5.75 Å². The molecule has 1 saturated carbocycles. The Labute approximate surface area is 136 Å². The molecule has 6 nitrogen and oxygen atoms in total. The summed E-state index contributed by atoms with van der Waals surface area (Å²) in [6.45, 7) is 1.46. The van der Waals surface area contributed by atoms with E-state index >= 15 is 0 Å². The van der Waals surface area contributed by atoms with Crippen molar-refractivity contribution in [3.63, 3.8) is 0 Å². The maximum absolute atomic E-state index is 12.3. The molecule has 1 aromatic carbocycles. The SMILES string of the molecule is COc1cc(C(=O)NC2CCN(C(=O)C3CC3)CC2)ccc1N. The number of nitrogens with two attached hydrogens (primary N) is 1. The maximum atomic E-state index is 12.3. The monoisotopic (exact) mass is 317 g/mol. The number of piperidine rings is 1. The van der Waals surface area contributed by atoms with Crippen LogP contribution >= 0.6 is 0 Å². The van der Waals surface area contributed by atoms with E-state index in [1.807, 2.05) is 4.90 Å². The number of benzene rings is 1. The molecule has 6 heteroatoms. The molecule has 0 atom stereocenters. The second-order valence-corrected chi connectivity index (χ2v) is 6.30. The molecule has 0 radical (unpaired) electrons. The summed E-state index contributed by atoms with van der Waals surface area (Å²) >= 11 is 0. The summed E-state index contributed by atoms with van der Waals surface area (Å²) in [7, 11) is 1.53. The molecule has 1 saturated heterocycles. The number of amides is 2. The molecule has 0 unspecified atom stereocenters. The third-order valence-electron chi connectivity index (χ3n) is 4.56. The third kappa shape index (κ3) is 3.57. The van der Waals surface area contributed by atoms with Crippen LogP contribution in [0, 0.1) is 5.92 Å². The van der Waals surface area contributed by atoms with E-state index in [0.717, 1.165) is 38.8 Å². The molecular weight excluding hydrogens is 294 g/mol. The van der Waals surface area contributed by atoms with Crippen LogP contribution < -0.4 is 15.8 Å². The summed E-state index contributed by atoms with van der Waals surface area (Å²) in [4.78, 5) is 26.3. The highest BCUT2D eigenvalue weighted by molar-refractivity contribution is 5.95. The molecule has 2 fully saturated rings. The molecule has 3 N–H and O–H groups in total. The van der Waals surface area contributed by atoms with Gasteiger partial charge in [0.15, 0.2) is 0 Å². The van der Waals surface area contributed by atoms with Crippen LogP contribution in [-0.2, 0) is 4.79 Å². The minimum absolute atomic E-state index is 0.106. The third-order valence-corrected chi connectivity index (χ3v) is 4.56. The standard InChI is InChI=1S/C17H23N3O3/c1-23-15-10-12(4-5-14(15)18)16(21)19-13-6-8-20(9-7-13)17(22)11-2-3-11/h4-5,10-11,13H,2-3,6-9,18H2,1H3,(H,19,21). The van der Waals surface area contributed by atoms with Crippen molar-refractivity contribution >= 4 is 17.5 Å². The number of hydrogen-bond acceptors (Lipinski definition) is 4. The predicted octanol–water partition coefficient (Wildman–Crippen LogP) is 1.41. The van der Waals surface area contributed by atoms with Gasteiger partial charge in [0.2, 0.25) is 5.91 Å². The fourth-order valence-electron chi connectivity index (χ4n) is 2.95. The molecule has 2 amide bonds. The van der Waals surface area contributed by atoms with Crippen LogP contribution in [0.5, 0.6) is 5.75 Å². The number of likely N-dealkylation sites (tertiary alicyclic amines) is 1. The zero-order valence-corrected chi connectivity index (χ0v) is 13.4. The number of nitrogen functional groups attached to an aromatic ring is 1. The van der Waals surface area contributed by atoms with Gasteiger partial charge in [-0.05, 0) is 43.9 Å². The molecular formula is C17H23N3O3. The Morgan fingerprint density at radius 2 is 1.91 bits per heavy atom. The van der Waals surface area contributed by atoms with Gasteiger partial charge in [-0.1, -0.05) is 0 Å². The summed E-state index contributed by atoms with van der Waals surface area (Å²) in [5, 5.41) is 3.04. The van der Waals surface area contributed by atoms with Gasteiger partial charge in [0.1, 0.15) is 5.75 Å². The van der Waals surface area contributed by atoms with E-state index in [1.165, 1.54) is 7.11 Å². The molecule has 1 aliphatic carbocycles. The van der Waals surface area contributed by atoms with Gasteiger partial charge in [0, 0.05) is 30.6 Å². The van der Waals surface area contributed by atoms with Gasteiger partial charge >= 0.3 is 0 Å². The topological polar surface area (TPSA) is 84.7 Å². The smallest absolute Gasteiger partial charge is 0.251 e. The highest BCUT2D eigenvalue weighted by atomic mass is 16.5. The van der Waals surface area contributed by atoms with E-state index in [4.69, 9.17) is 10.5 Å². The molecule has 124 valence electrons. The Kier molecular flexibility index (Phi) is 4.41. The lowest BCUT2D eigenvalue weighted by Gasteiger charge is -2.32. The van der Waals surface area contributed by atoms with Gasteiger partial charge in [0.05, 0.1) is 12.8 Å². The fraction of sp³-hybridized carbons (Fsp3) is 0.529. The van der Waals surface area contributed by atoms with Crippen molar-refractivity contribution in [1.29, 1.82) is 0 Å². The van der Waals surface area contributed by atoms with Gasteiger partial charge in [0.25, 0.3) is 5.91 Å². The first-order valence-electron chi connectivity index (χ1n) is 8.11. The normalized spacial score (nSPS) is 18.6. The lowest BCUT2D eigenvalue weighted by molar-refractivity contribution is -0.133.